The molecule has 0 bridgehead atoms. The van der Waals surface area contributed by atoms with Crippen LogP contribution in [0.3, 0.4) is 0 Å². The third-order valence-corrected chi connectivity index (χ3v) is 6.33. The lowest BCUT2D eigenvalue weighted by molar-refractivity contribution is 0.188. The summed E-state index contributed by atoms with van der Waals surface area (Å²) in [5.41, 5.74) is 1.56. The maximum Gasteiger partial charge on any atom is 0.261 e. The molecule has 3 heterocycles. The van der Waals surface area contributed by atoms with Gasteiger partial charge in [0.25, 0.3) is 5.56 Å². The van der Waals surface area contributed by atoms with Crippen molar-refractivity contribution in [2.45, 2.75) is 18.9 Å². The van der Waals surface area contributed by atoms with E-state index in [0.717, 1.165) is 49.5 Å². The molecule has 0 atom stereocenters. The van der Waals surface area contributed by atoms with Crippen molar-refractivity contribution >= 4 is 22.4 Å². The summed E-state index contributed by atoms with van der Waals surface area (Å²) in [6, 6.07) is 20.0. The SMILES string of the molecule is O=c1c2ccccc2ncn1C1CCN(CCN(c2cccc(F)c2)c2ccccn2)CC1. The van der Waals surface area contributed by atoms with E-state index < -0.39 is 0 Å². The van der Waals surface area contributed by atoms with Crippen molar-refractivity contribution in [2.24, 2.45) is 0 Å². The van der Waals surface area contributed by atoms with Crippen molar-refractivity contribution in [3.63, 3.8) is 0 Å². The number of pyridine rings is 1. The van der Waals surface area contributed by atoms with E-state index in [-0.39, 0.29) is 17.4 Å². The van der Waals surface area contributed by atoms with Crippen molar-refractivity contribution in [1.29, 1.82) is 0 Å². The van der Waals surface area contributed by atoms with Gasteiger partial charge < -0.3 is 9.80 Å². The third-order valence-electron chi connectivity index (χ3n) is 6.33. The zero-order valence-corrected chi connectivity index (χ0v) is 18.3. The summed E-state index contributed by atoms with van der Waals surface area (Å²) >= 11 is 0. The fourth-order valence-corrected chi connectivity index (χ4v) is 4.54. The molecule has 2 aromatic heterocycles. The van der Waals surface area contributed by atoms with E-state index in [1.807, 2.05) is 53.4 Å². The Morgan fingerprint density at radius 2 is 1.79 bits per heavy atom. The second kappa shape index (κ2) is 9.50. The van der Waals surface area contributed by atoms with Gasteiger partial charge in [0.2, 0.25) is 0 Å². The number of halogens is 1. The number of piperidine rings is 1. The first kappa shape index (κ1) is 21.3. The molecule has 0 spiro atoms. The van der Waals surface area contributed by atoms with Crippen LogP contribution < -0.4 is 10.5 Å². The van der Waals surface area contributed by atoms with Gasteiger partial charge in [-0.3, -0.25) is 9.36 Å². The molecule has 1 saturated heterocycles. The van der Waals surface area contributed by atoms with E-state index in [4.69, 9.17) is 0 Å². The third kappa shape index (κ3) is 4.64. The molecular formula is C26H26FN5O. The van der Waals surface area contributed by atoms with E-state index in [0.29, 0.717) is 11.9 Å². The molecule has 5 rings (SSSR count). The number of rotatable bonds is 6. The lowest BCUT2D eigenvalue weighted by atomic mass is 10.0. The van der Waals surface area contributed by atoms with Crippen LogP contribution in [-0.2, 0) is 0 Å². The van der Waals surface area contributed by atoms with E-state index in [1.165, 1.54) is 6.07 Å². The summed E-state index contributed by atoms with van der Waals surface area (Å²) in [4.78, 5) is 26.3. The van der Waals surface area contributed by atoms with Gasteiger partial charge in [-0.1, -0.05) is 24.3 Å². The minimum Gasteiger partial charge on any atom is -0.325 e. The fourth-order valence-electron chi connectivity index (χ4n) is 4.54. The Labute approximate surface area is 191 Å². The Balaban J connectivity index is 1.26. The molecule has 6 nitrogen and oxygen atoms in total. The fraction of sp³-hybridized carbons (Fsp3) is 0.269. The van der Waals surface area contributed by atoms with Gasteiger partial charge in [0.1, 0.15) is 11.6 Å². The molecule has 0 radical (unpaired) electrons. The molecule has 7 heteroatoms. The van der Waals surface area contributed by atoms with E-state index in [1.54, 1.807) is 29.2 Å². The minimum atomic E-state index is -0.260. The van der Waals surface area contributed by atoms with Crippen LogP contribution in [0.4, 0.5) is 15.9 Å². The number of fused-ring (bicyclic) bond motifs is 1. The summed E-state index contributed by atoms with van der Waals surface area (Å²) < 4.78 is 15.7. The number of benzene rings is 2. The Morgan fingerprint density at radius 1 is 0.970 bits per heavy atom. The van der Waals surface area contributed by atoms with Gasteiger partial charge in [-0.2, -0.15) is 0 Å². The summed E-state index contributed by atoms with van der Waals surface area (Å²) in [6.45, 7) is 3.31. The van der Waals surface area contributed by atoms with Crippen LogP contribution in [0.15, 0.2) is 84.0 Å². The van der Waals surface area contributed by atoms with Gasteiger partial charge in [0, 0.05) is 44.1 Å². The molecule has 168 valence electrons. The smallest absolute Gasteiger partial charge is 0.261 e. The zero-order chi connectivity index (χ0) is 22.6. The van der Waals surface area contributed by atoms with Crippen molar-refractivity contribution in [3.8, 4) is 0 Å². The molecule has 1 aliphatic rings. The zero-order valence-electron chi connectivity index (χ0n) is 18.3. The van der Waals surface area contributed by atoms with Gasteiger partial charge in [0.05, 0.1) is 17.2 Å². The lowest BCUT2D eigenvalue weighted by Crippen LogP contribution is -2.41. The van der Waals surface area contributed by atoms with Crippen LogP contribution in [0.5, 0.6) is 0 Å². The number of aromatic nitrogens is 3. The number of likely N-dealkylation sites (tertiary alicyclic amines) is 1. The maximum atomic E-state index is 13.9. The molecule has 0 unspecified atom stereocenters. The summed E-state index contributed by atoms with van der Waals surface area (Å²) in [5, 5.41) is 0.670. The quantitative estimate of drug-likeness (QED) is 0.442. The molecule has 2 aromatic carbocycles. The second-order valence-electron chi connectivity index (χ2n) is 8.37. The van der Waals surface area contributed by atoms with Crippen molar-refractivity contribution < 1.29 is 4.39 Å². The standard InChI is InChI=1S/C26H26FN5O/c27-20-6-5-7-22(18-20)31(25-10-3-4-13-28-25)17-16-30-14-11-21(12-15-30)32-19-29-24-9-2-1-8-23(24)26(32)33/h1-10,13,18-19,21H,11-12,14-17H2. The number of nitrogens with zero attached hydrogens (tertiary/aromatic N) is 5. The van der Waals surface area contributed by atoms with Crippen LogP contribution in [0.1, 0.15) is 18.9 Å². The molecule has 1 aliphatic heterocycles. The first-order chi connectivity index (χ1) is 16.2. The van der Waals surface area contributed by atoms with Gasteiger partial charge in [-0.15, -0.1) is 0 Å². The predicted molar refractivity (Wildman–Crippen MR) is 128 cm³/mol. The lowest BCUT2D eigenvalue weighted by Gasteiger charge is -2.34. The highest BCUT2D eigenvalue weighted by molar-refractivity contribution is 5.76. The van der Waals surface area contributed by atoms with Crippen molar-refractivity contribution in [1.82, 2.24) is 19.4 Å². The summed E-state index contributed by atoms with van der Waals surface area (Å²) in [7, 11) is 0. The number of anilines is 2. The topological polar surface area (TPSA) is 54.3 Å². The monoisotopic (exact) mass is 443 g/mol. The Bertz CT molecular complexity index is 1280. The molecule has 33 heavy (non-hydrogen) atoms. The number of hydrogen-bond donors (Lipinski definition) is 0. The van der Waals surface area contributed by atoms with Crippen LogP contribution in [-0.4, -0.2) is 45.6 Å². The highest BCUT2D eigenvalue weighted by atomic mass is 19.1. The van der Waals surface area contributed by atoms with Gasteiger partial charge >= 0.3 is 0 Å². The van der Waals surface area contributed by atoms with Crippen LogP contribution >= 0.6 is 0 Å². The highest BCUT2D eigenvalue weighted by Gasteiger charge is 2.23. The second-order valence-corrected chi connectivity index (χ2v) is 8.37. The average molecular weight is 444 g/mol. The van der Waals surface area contributed by atoms with Crippen LogP contribution in [0.25, 0.3) is 10.9 Å². The van der Waals surface area contributed by atoms with Gasteiger partial charge in [0.15, 0.2) is 0 Å². The Kier molecular flexibility index (Phi) is 6.13. The van der Waals surface area contributed by atoms with Gasteiger partial charge in [-0.25, -0.2) is 14.4 Å². The molecule has 4 aromatic rings. The number of para-hydroxylation sites is 1. The maximum absolute atomic E-state index is 13.9. The molecule has 0 aliphatic carbocycles. The average Bonchev–Trinajstić information content (AvgIpc) is 2.86. The van der Waals surface area contributed by atoms with Crippen molar-refractivity contribution in [2.75, 3.05) is 31.1 Å². The molecule has 0 saturated carbocycles. The van der Waals surface area contributed by atoms with Crippen LogP contribution in [0, 0.1) is 5.82 Å². The highest BCUT2D eigenvalue weighted by Crippen LogP contribution is 2.25. The first-order valence-electron chi connectivity index (χ1n) is 11.3. The molecular weight excluding hydrogens is 417 g/mol. The largest absolute Gasteiger partial charge is 0.325 e. The Morgan fingerprint density at radius 3 is 2.58 bits per heavy atom. The molecule has 1 fully saturated rings. The predicted octanol–water partition coefficient (Wildman–Crippen LogP) is 4.41. The molecule has 0 N–H and O–H groups in total. The first-order valence-corrected chi connectivity index (χ1v) is 11.3. The van der Waals surface area contributed by atoms with E-state index in [2.05, 4.69) is 14.9 Å². The van der Waals surface area contributed by atoms with Crippen molar-refractivity contribution in [3.05, 3.63) is 95.4 Å². The normalized spacial score (nSPS) is 15.1. The number of hydrogen-bond acceptors (Lipinski definition) is 5. The summed E-state index contributed by atoms with van der Waals surface area (Å²) in [5.74, 6) is 0.537. The minimum absolute atomic E-state index is 0.0338. The van der Waals surface area contributed by atoms with E-state index >= 15 is 0 Å². The van der Waals surface area contributed by atoms with E-state index in [9.17, 15) is 9.18 Å². The Hall–Kier alpha value is -3.58. The molecule has 0 amide bonds. The van der Waals surface area contributed by atoms with Crippen LogP contribution in [0.2, 0.25) is 0 Å². The summed E-state index contributed by atoms with van der Waals surface area (Å²) in [6.07, 6.45) is 5.23. The van der Waals surface area contributed by atoms with Gasteiger partial charge in [-0.05, 0) is 55.3 Å².